The molecule has 0 atom stereocenters. The Balaban J connectivity index is 3.25. The summed E-state index contributed by atoms with van der Waals surface area (Å²) in [6, 6.07) is 4.87. The van der Waals surface area contributed by atoms with Gasteiger partial charge in [-0.25, -0.2) is 4.98 Å². The predicted molar refractivity (Wildman–Crippen MR) is 59.1 cm³/mol. The Hall–Kier alpha value is -2.60. The second-order valence-electron chi connectivity index (χ2n) is 3.08. The van der Waals surface area contributed by atoms with E-state index in [0.717, 1.165) is 0 Å². The van der Waals surface area contributed by atoms with E-state index in [-0.39, 0.29) is 29.2 Å². The fourth-order valence-corrected chi connectivity index (χ4v) is 1.20. The molecule has 1 rings (SSSR count). The van der Waals surface area contributed by atoms with Gasteiger partial charge < -0.3 is 10.5 Å². The lowest BCUT2D eigenvalue weighted by Gasteiger charge is -2.08. The Kier molecular flexibility index (Phi) is 4.02. The van der Waals surface area contributed by atoms with Gasteiger partial charge in [0.25, 0.3) is 0 Å². The van der Waals surface area contributed by atoms with Crippen LogP contribution in [-0.4, -0.2) is 17.4 Å². The third-order valence-electron chi connectivity index (χ3n) is 1.93. The number of ketones is 1. The summed E-state index contributed by atoms with van der Waals surface area (Å²) in [4.78, 5) is 15.4. The molecule has 0 unspecified atom stereocenters. The molecule has 0 bridgehead atoms. The van der Waals surface area contributed by atoms with Crippen molar-refractivity contribution in [2.24, 2.45) is 0 Å². The predicted octanol–water partition coefficient (Wildman–Crippen LogP) is 1.03. The summed E-state index contributed by atoms with van der Waals surface area (Å²) < 4.78 is 5.13. The van der Waals surface area contributed by atoms with Crippen LogP contribution in [0.4, 0.5) is 5.69 Å². The van der Waals surface area contributed by atoms with Crippen molar-refractivity contribution in [3.05, 3.63) is 17.3 Å². The molecule has 6 heteroatoms. The normalized spacial score (nSPS) is 9.12. The van der Waals surface area contributed by atoms with E-state index in [1.54, 1.807) is 13.0 Å². The second kappa shape index (κ2) is 5.47. The quantitative estimate of drug-likeness (QED) is 0.773. The summed E-state index contributed by atoms with van der Waals surface area (Å²) in [6.07, 6.45) is -0.288. The molecular weight excluding hydrogens is 220 g/mol. The van der Waals surface area contributed by atoms with Crippen molar-refractivity contribution in [3.8, 4) is 18.0 Å². The maximum atomic E-state index is 11.5. The van der Waals surface area contributed by atoms with Gasteiger partial charge >= 0.3 is 0 Å². The van der Waals surface area contributed by atoms with Crippen LogP contribution in [0.1, 0.15) is 29.4 Å². The van der Waals surface area contributed by atoms with Gasteiger partial charge in [-0.15, -0.1) is 0 Å². The minimum atomic E-state index is -0.454. The van der Waals surface area contributed by atoms with E-state index in [0.29, 0.717) is 6.61 Å². The van der Waals surface area contributed by atoms with Gasteiger partial charge in [-0.2, -0.15) is 10.5 Å². The molecule has 0 amide bonds. The van der Waals surface area contributed by atoms with Gasteiger partial charge in [0.15, 0.2) is 5.78 Å². The number of Topliss-reactive ketones (excluding diaryl/α,β-unsaturated/α-hetero) is 1. The van der Waals surface area contributed by atoms with E-state index >= 15 is 0 Å². The first-order valence-corrected chi connectivity index (χ1v) is 4.87. The maximum Gasteiger partial charge on any atom is 0.234 e. The highest BCUT2D eigenvalue weighted by Gasteiger charge is 2.15. The lowest BCUT2D eigenvalue weighted by atomic mass is 10.1. The van der Waals surface area contributed by atoms with Gasteiger partial charge in [-0.3, -0.25) is 4.79 Å². The van der Waals surface area contributed by atoms with Crippen LogP contribution in [0.2, 0.25) is 0 Å². The number of rotatable bonds is 4. The minimum absolute atomic E-state index is 0.0243. The van der Waals surface area contributed by atoms with Crippen molar-refractivity contribution in [1.29, 1.82) is 10.5 Å². The van der Waals surface area contributed by atoms with Crippen LogP contribution in [0.15, 0.2) is 6.07 Å². The molecule has 17 heavy (non-hydrogen) atoms. The summed E-state index contributed by atoms with van der Waals surface area (Å²) in [6.45, 7) is 2.03. The molecule has 0 aliphatic carbocycles. The Bertz CT molecular complexity index is 525. The number of ether oxygens (including phenoxy) is 1. The van der Waals surface area contributed by atoms with E-state index in [9.17, 15) is 4.79 Å². The Morgan fingerprint density at radius 3 is 2.82 bits per heavy atom. The van der Waals surface area contributed by atoms with Crippen LogP contribution in [-0.2, 0) is 0 Å². The number of nitrogens with two attached hydrogens (primary N) is 1. The second-order valence-corrected chi connectivity index (χ2v) is 3.08. The number of pyridine rings is 1. The van der Waals surface area contributed by atoms with Crippen LogP contribution in [0.3, 0.4) is 0 Å². The van der Waals surface area contributed by atoms with Crippen LogP contribution in [0.5, 0.6) is 5.88 Å². The van der Waals surface area contributed by atoms with Gasteiger partial charge in [0.05, 0.1) is 18.4 Å². The molecule has 86 valence electrons. The minimum Gasteiger partial charge on any atom is -0.477 e. The van der Waals surface area contributed by atoms with Crippen LogP contribution >= 0.6 is 0 Å². The third kappa shape index (κ3) is 2.70. The fourth-order valence-electron chi connectivity index (χ4n) is 1.20. The van der Waals surface area contributed by atoms with E-state index in [4.69, 9.17) is 21.0 Å². The Morgan fingerprint density at radius 2 is 2.29 bits per heavy atom. The van der Waals surface area contributed by atoms with Gasteiger partial charge in [-0.05, 0) is 13.0 Å². The first-order valence-electron chi connectivity index (χ1n) is 4.87. The van der Waals surface area contributed by atoms with E-state index < -0.39 is 5.78 Å². The number of nitrogens with zero attached hydrogens (tertiary/aromatic N) is 3. The lowest BCUT2D eigenvalue weighted by molar-refractivity contribution is 0.0992. The van der Waals surface area contributed by atoms with Crippen molar-refractivity contribution in [3.63, 3.8) is 0 Å². The summed E-state index contributed by atoms with van der Waals surface area (Å²) in [5, 5.41) is 17.3. The van der Waals surface area contributed by atoms with E-state index in [1.165, 1.54) is 6.07 Å². The fraction of sp³-hybridized carbons (Fsp3) is 0.273. The largest absolute Gasteiger partial charge is 0.477 e. The summed E-state index contributed by atoms with van der Waals surface area (Å²) in [5.41, 5.74) is 5.87. The zero-order valence-corrected chi connectivity index (χ0v) is 9.23. The van der Waals surface area contributed by atoms with Crippen LogP contribution < -0.4 is 10.5 Å². The lowest BCUT2D eigenvalue weighted by Crippen LogP contribution is -2.08. The number of hydrogen-bond donors (Lipinski definition) is 1. The monoisotopic (exact) mass is 230 g/mol. The van der Waals surface area contributed by atoms with Gasteiger partial charge in [-0.1, -0.05) is 0 Å². The summed E-state index contributed by atoms with van der Waals surface area (Å²) >= 11 is 0. The molecule has 0 fully saturated rings. The number of carbonyl (C=O) groups excluding carboxylic acids is 1. The third-order valence-corrected chi connectivity index (χ3v) is 1.93. The Morgan fingerprint density at radius 1 is 1.59 bits per heavy atom. The number of carbonyl (C=O) groups is 1. The number of hydrogen-bond acceptors (Lipinski definition) is 6. The summed E-state index contributed by atoms with van der Waals surface area (Å²) in [7, 11) is 0. The smallest absolute Gasteiger partial charge is 0.234 e. The highest BCUT2D eigenvalue weighted by Crippen LogP contribution is 2.23. The van der Waals surface area contributed by atoms with E-state index in [1.807, 2.05) is 6.07 Å². The van der Waals surface area contributed by atoms with Crippen molar-refractivity contribution in [2.45, 2.75) is 13.3 Å². The summed E-state index contributed by atoms with van der Waals surface area (Å²) in [5.74, 6) is -0.430. The van der Waals surface area contributed by atoms with E-state index in [2.05, 4.69) is 4.98 Å². The molecule has 0 saturated heterocycles. The highest BCUT2D eigenvalue weighted by molar-refractivity contribution is 5.96. The van der Waals surface area contributed by atoms with Crippen LogP contribution in [0.25, 0.3) is 0 Å². The van der Waals surface area contributed by atoms with Crippen molar-refractivity contribution in [2.75, 3.05) is 12.3 Å². The molecule has 0 aliphatic heterocycles. The zero-order chi connectivity index (χ0) is 12.8. The standard InChI is InChI=1S/C11H10N4O2/c1-2-17-11-7(6-13)8(14)5-9(15-11)10(16)3-4-12/h5H,2-3H2,1H3,(H2,14,15). The molecule has 1 aromatic heterocycles. The average Bonchev–Trinajstić information content (AvgIpc) is 2.29. The number of nitriles is 2. The van der Waals surface area contributed by atoms with Gasteiger partial charge in [0.1, 0.15) is 23.7 Å². The van der Waals surface area contributed by atoms with Crippen molar-refractivity contribution < 1.29 is 9.53 Å². The molecular formula is C11H10N4O2. The maximum absolute atomic E-state index is 11.5. The first kappa shape index (κ1) is 12.5. The van der Waals surface area contributed by atoms with Crippen molar-refractivity contribution in [1.82, 2.24) is 4.98 Å². The molecule has 1 heterocycles. The highest BCUT2D eigenvalue weighted by atomic mass is 16.5. The number of anilines is 1. The number of aromatic nitrogens is 1. The molecule has 0 aliphatic rings. The first-order chi connectivity index (χ1) is 8.13. The molecule has 2 N–H and O–H groups in total. The molecule has 0 radical (unpaired) electrons. The van der Waals surface area contributed by atoms with Crippen molar-refractivity contribution >= 4 is 11.5 Å². The molecule has 6 nitrogen and oxygen atoms in total. The topological polar surface area (TPSA) is 113 Å². The van der Waals surface area contributed by atoms with Gasteiger partial charge in [0.2, 0.25) is 5.88 Å². The SMILES string of the molecule is CCOc1nc(C(=O)CC#N)cc(N)c1C#N. The molecule has 0 spiro atoms. The van der Waals surface area contributed by atoms with Gasteiger partial charge in [0, 0.05) is 0 Å². The molecule has 0 aromatic carbocycles. The zero-order valence-electron chi connectivity index (χ0n) is 9.23. The molecule has 0 saturated carbocycles. The average molecular weight is 230 g/mol. The van der Waals surface area contributed by atoms with Crippen LogP contribution in [0, 0.1) is 22.7 Å². The Labute approximate surface area is 98.2 Å². The number of nitrogen functional groups attached to an aromatic ring is 1. The molecule has 1 aromatic rings.